The lowest BCUT2D eigenvalue weighted by Gasteiger charge is -2.19. The van der Waals surface area contributed by atoms with Crippen molar-refractivity contribution in [1.82, 2.24) is 0 Å². The van der Waals surface area contributed by atoms with Crippen LogP contribution in [0, 0.1) is 33.8 Å². The molecule has 0 radical (unpaired) electrons. The lowest BCUT2D eigenvalue weighted by Crippen LogP contribution is -2.33. The number of fused-ring (bicyclic) bond motifs is 5. The van der Waals surface area contributed by atoms with Gasteiger partial charge in [-0.15, -0.1) is 0 Å². The van der Waals surface area contributed by atoms with Crippen molar-refractivity contribution in [3.8, 4) is 0 Å². The zero-order chi connectivity index (χ0) is 24.1. The molecular formula is C25H20N2O7. The lowest BCUT2D eigenvalue weighted by molar-refractivity contribution is -0.384. The summed E-state index contributed by atoms with van der Waals surface area (Å²) in [6.45, 7) is 1.44. The van der Waals surface area contributed by atoms with E-state index in [0.29, 0.717) is 5.69 Å². The van der Waals surface area contributed by atoms with Gasteiger partial charge in [-0.2, -0.15) is 0 Å². The summed E-state index contributed by atoms with van der Waals surface area (Å²) < 4.78 is 5.11. The van der Waals surface area contributed by atoms with Crippen LogP contribution < -0.4 is 4.90 Å². The number of amides is 2. The van der Waals surface area contributed by atoms with Gasteiger partial charge in [-0.3, -0.25) is 24.5 Å². The van der Waals surface area contributed by atoms with Crippen molar-refractivity contribution in [3.63, 3.8) is 0 Å². The summed E-state index contributed by atoms with van der Waals surface area (Å²) in [5, 5.41) is 10.7. The maximum atomic E-state index is 13.1. The molecule has 9 nitrogen and oxygen atoms in total. The first-order chi connectivity index (χ1) is 16.3. The maximum Gasteiger partial charge on any atom is 0.338 e. The molecule has 172 valence electrons. The van der Waals surface area contributed by atoms with Crippen LogP contribution in [0.2, 0.25) is 0 Å². The van der Waals surface area contributed by atoms with Crippen LogP contribution >= 0.6 is 0 Å². The SMILES string of the molecule is CC1=C[C@@H]2C[C@H]1[C@H]1C(=O)N(c3cccc(C(=O)OCC(=O)c4ccc([N+](=O)[O-])cc4)c3)C(=O)[C@@H]12. The number of esters is 1. The molecule has 34 heavy (non-hydrogen) atoms. The highest BCUT2D eigenvalue weighted by molar-refractivity contribution is 6.23. The van der Waals surface area contributed by atoms with E-state index in [9.17, 15) is 29.3 Å². The Balaban J connectivity index is 1.28. The quantitative estimate of drug-likeness (QED) is 0.162. The van der Waals surface area contributed by atoms with Crippen LogP contribution in [0.1, 0.15) is 34.1 Å². The standard InChI is InChI=1S/C25H20N2O7/c1-13-9-16-11-19(13)22-21(16)23(29)26(24(22)30)18-4-2-3-15(10-18)25(31)34-12-20(28)14-5-7-17(8-6-14)27(32)33/h2-10,16,19,21-22H,11-12H2,1H3/t16-,19-,21-,22-/m1/s1. The van der Waals surface area contributed by atoms with Crippen LogP contribution in [0.4, 0.5) is 11.4 Å². The third kappa shape index (κ3) is 3.40. The van der Waals surface area contributed by atoms with E-state index in [-0.39, 0.29) is 52.3 Å². The third-order valence-electron chi connectivity index (χ3n) is 6.96. The number of nitrogens with zero attached hydrogens (tertiary/aromatic N) is 2. The molecule has 3 aliphatic rings. The molecule has 0 N–H and O–H groups in total. The van der Waals surface area contributed by atoms with E-state index < -0.39 is 23.3 Å². The molecule has 2 fully saturated rings. The van der Waals surface area contributed by atoms with E-state index in [4.69, 9.17) is 4.74 Å². The number of ketones is 1. The fourth-order valence-electron chi connectivity index (χ4n) is 5.37. The molecule has 0 aromatic heterocycles. The second-order valence-electron chi connectivity index (χ2n) is 8.83. The minimum absolute atomic E-state index is 0.0787. The van der Waals surface area contributed by atoms with E-state index in [0.717, 1.165) is 12.0 Å². The summed E-state index contributed by atoms with van der Waals surface area (Å²) in [5.41, 5.74) is 1.58. The molecule has 0 spiro atoms. The molecular weight excluding hydrogens is 440 g/mol. The van der Waals surface area contributed by atoms with Crippen LogP contribution in [0.5, 0.6) is 0 Å². The number of non-ortho nitro benzene ring substituents is 1. The molecule has 2 aromatic carbocycles. The zero-order valence-corrected chi connectivity index (χ0v) is 18.2. The predicted octanol–water partition coefficient (Wildman–Crippen LogP) is 3.34. The van der Waals surface area contributed by atoms with Crippen molar-refractivity contribution in [2.24, 2.45) is 23.7 Å². The minimum Gasteiger partial charge on any atom is -0.454 e. The van der Waals surface area contributed by atoms with E-state index in [1.165, 1.54) is 41.3 Å². The van der Waals surface area contributed by atoms with Gasteiger partial charge in [0.25, 0.3) is 5.69 Å². The normalized spacial score (nSPS) is 24.7. The Labute approximate surface area is 194 Å². The summed E-state index contributed by atoms with van der Waals surface area (Å²) in [6.07, 6.45) is 2.93. The second-order valence-corrected chi connectivity index (χ2v) is 8.83. The topological polar surface area (TPSA) is 124 Å². The predicted molar refractivity (Wildman–Crippen MR) is 119 cm³/mol. The molecule has 5 rings (SSSR count). The minimum atomic E-state index is -0.783. The van der Waals surface area contributed by atoms with Gasteiger partial charge in [-0.25, -0.2) is 9.69 Å². The van der Waals surface area contributed by atoms with Gasteiger partial charge >= 0.3 is 5.97 Å². The number of carbonyl (C=O) groups excluding carboxylic acids is 4. The van der Waals surface area contributed by atoms with Crippen molar-refractivity contribution in [1.29, 1.82) is 0 Å². The highest BCUT2D eigenvalue weighted by Gasteiger charge is 2.60. The molecule has 2 aromatic rings. The number of carbonyl (C=O) groups is 4. The fraction of sp³-hybridized carbons (Fsp3) is 0.280. The van der Waals surface area contributed by atoms with Crippen LogP contribution in [0.25, 0.3) is 0 Å². The number of anilines is 1. The summed E-state index contributed by atoms with van der Waals surface area (Å²) >= 11 is 0. The van der Waals surface area contributed by atoms with Gasteiger partial charge < -0.3 is 4.74 Å². The Morgan fingerprint density at radius 3 is 2.47 bits per heavy atom. The summed E-state index contributed by atoms with van der Waals surface area (Å²) in [7, 11) is 0. The van der Waals surface area contributed by atoms with Crippen LogP contribution in [-0.4, -0.2) is 35.1 Å². The number of rotatable bonds is 6. The van der Waals surface area contributed by atoms with Crippen LogP contribution in [-0.2, 0) is 14.3 Å². The first-order valence-electron chi connectivity index (χ1n) is 10.9. The number of hydrogen-bond donors (Lipinski definition) is 0. The highest BCUT2D eigenvalue weighted by atomic mass is 16.6. The Morgan fingerprint density at radius 1 is 1.06 bits per heavy atom. The number of ether oxygens (including phenoxy) is 1. The van der Waals surface area contributed by atoms with Gasteiger partial charge in [0.2, 0.25) is 11.8 Å². The van der Waals surface area contributed by atoms with Crippen molar-refractivity contribution in [2.75, 3.05) is 11.5 Å². The highest BCUT2D eigenvalue weighted by Crippen LogP contribution is 2.55. The number of nitro groups is 1. The number of benzene rings is 2. The largest absolute Gasteiger partial charge is 0.454 e. The molecule has 0 unspecified atom stereocenters. The monoisotopic (exact) mass is 460 g/mol. The molecule has 1 saturated heterocycles. The smallest absolute Gasteiger partial charge is 0.338 e. The van der Waals surface area contributed by atoms with Crippen molar-refractivity contribution < 1.29 is 28.8 Å². The van der Waals surface area contributed by atoms with Crippen molar-refractivity contribution >= 4 is 34.9 Å². The second kappa shape index (κ2) is 8.02. The molecule has 4 atom stereocenters. The van der Waals surface area contributed by atoms with E-state index in [1.807, 2.05) is 6.92 Å². The van der Waals surface area contributed by atoms with Gasteiger partial charge in [0.05, 0.1) is 28.0 Å². The Kier molecular flexibility index (Phi) is 5.11. The lowest BCUT2D eigenvalue weighted by atomic mass is 9.82. The first-order valence-corrected chi connectivity index (χ1v) is 10.9. The van der Waals surface area contributed by atoms with Gasteiger partial charge in [0, 0.05) is 17.7 Å². The number of imide groups is 1. The van der Waals surface area contributed by atoms with Gasteiger partial charge in [0.15, 0.2) is 12.4 Å². The van der Waals surface area contributed by atoms with Crippen molar-refractivity contribution in [2.45, 2.75) is 13.3 Å². The summed E-state index contributed by atoms with van der Waals surface area (Å²) in [4.78, 5) is 62.4. The number of allylic oxidation sites excluding steroid dienone is 2. The third-order valence-corrected chi connectivity index (χ3v) is 6.96. The molecule has 2 aliphatic carbocycles. The van der Waals surface area contributed by atoms with Crippen LogP contribution in [0.15, 0.2) is 60.2 Å². The first kappa shape index (κ1) is 21.7. The van der Waals surface area contributed by atoms with E-state index in [1.54, 1.807) is 12.1 Å². The molecule has 1 heterocycles. The van der Waals surface area contributed by atoms with E-state index >= 15 is 0 Å². The number of Topliss-reactive ketones (excluding diaryl/α,β-unsaturated/α-hetero) is 1. The molecule has 1 saturated carbocycles. The molecule has 1 aliphatic heterocycles. The Bertz CT molecular complexity index is 1280. The number of hydrogen-bond acceptors (Lipinski definition) is 7. The summed E-state index contributed by atoms with van der Waals surface area (Å²) in [6, 6.07) is 11.0. The van der Waals surface area contributed by atoms with Gasteiger partial charge in [-0.05, 0) is 55.5 Å². The number of nitro benzene ring substituents is 1. The fourth-order valence-corrected chi connectivity index (χ4v) is 5.37. The van der Waals surface area contributed by atoms with Crippen LogP contribution in [0.3, 0.4) is 0 Å². The van der Waals surface area contributed by atoms with Gasteiger partial charge in [0.1, 0.15) is 0 Å². The molecule has 2 bridgehead atoms. The van der Waals surface area contributed by atoms with Crippen molar-refractivity contribution in [3.05, 3.63) is 81.4 Å². The Hall–Kier alpha value is -4.14. The average molecular weight is 460 g/mol. The molecule has 9 heteroatoms. The Morgan fingerprint density at radius 2 is 1.76 bits per heavy atom. The maximum absolute atomic E-state index is 13.1. The molecule has 2 amide bonds. The summed E-state index contributed by atoms with van der Waals surface area (Å²) in [5.74, 6) is -2.32. The van der Waals surface area contributed by atoms with E-state index in [2.05, 4.69) is 6.08 Å². The van der Waals surface area contributed by atoms with Gasteiger partial charge in [-0.1, -0.05) is 17.7 Å². The zero-order valence-electron chi connectivity index (χ0n) is 18.2. The average Bonchev–Trinajstić information content (AvgIpc) is 3.47.